The van der Waals surface area contributed by atoms with Gasteiger partial charge in [0, 0.05) is 36.6 Å². The molecule has 0 atom stereocenters. The lowest BCUT2D eigenvalue weighted by Gasteiger charge is -2.12. The zero-order valence-corrected chi connectivity index (χ0v) is 16.3. The Balaban J connectivity index is 0.00000157. The van der Waals surface area contributed by atoms with E-state index in [1.165, 1.54) is 38.7 Å². The molecule has 0 spiro atoms. The minimum atomic E-state index is 0. The fraction of sp³-hybridized carbons (Fsp3) is 0.0952. The lowest BCUT2D eigenvalue weighted by atomic mass is 10.2. The fourth-order valence-electron chi connectivity index (χ4n) is 3.57. The molecule has 4 heteroatoms. The largest absolute Gasteiger partial charge is 1.00 e. The van der Waals surface area contributed by atoms with Gasteiger partial charge in [0.25, 0.3) is 5.65 Å². The van der Waals surface area contributed by atoms with Gasteiger partial charge in [0.2, 0.25) is 0 Å². The number of benzene rings is 2. The van der Waals surface area contributed by atoms with E-state index < -0.39 is 0 Å². The van der Waals surface area contributed by atoms with Crippen LogP contribution < -0.4 is 33.3 Å². The number of fused-ring (bicyclic) bond motifs is 7. The molecular formula is C21H18IN3. The van der Waals surface area contributed by atoms with Crippen molar-refractivity contribution < 1.29 is 28.4 Å². The van der Waals surface area contributed by atoms with Crippen LogP contribution in [-0.2, 0) is 0 Å². The van der Waals surface area contributed by atoms with E-state index >= 15 is 0 Å². The van der Waals surface area contributed by atoms with Gasteiger partial charge in [0.1, 0.15) is 17.2 Å². The van der Waals surface area contributed by atoms with E-state index in [1.807, 2.05) is 0 Å². The summed E-state index contributed by atoms with van der Waals surface area (Å²) >= 11 is 0. The summed E-state index contributed by atoms with van der Waals surface area (Å²) in [7, 11) is 4.15. The van der Waals surface area contributed by atoms with Crippen molar-refractivity contribution in [2.75, 3.05) is 19.0 Å². The van der Waals surface area contributed by atoms with Crippen molar-refractivity contribution in [2.45, 2.75) is 0 Å². The fourth-order valence-corrected chi connectivity index (χ4v) is 3.57. The maximum Gasteiger partial charge on any atom is 0.292 e. The predicted octanol–water partition coefficient (Wildman–Crippen LogP) is 1.05. The Labute approximate surface area is 163 Å². The third kappa shape index (κ3) is 2.35. The SMILES string of the molecule is CN(C)c1ccc2c(ccc3n4c(ccc5ccccc54)c[n+]23)c1.[I-]. The van der Waals surface area contributed by atoms with Crippen LogP contribution in [0.2, 0.25) is 0 Å². The molecule has 0 unspecified atom stereocenters. The van der Waals surface area contributed by atoms with Crippen molar-refractivity contribution in [1.82, 2.24) is 4.40 Å². The van der Waals surface area contributed by atoms with Crippen LogP contribution in [0.1, 0.15) is 0 Å². The van der Waals surface area contributed by atoms with E-state index in [0.29, 0.717) is 0 Å². The molecular weight excluding hydrogens is 421 g/mol. The molecule has 0 N–H and O–H groups in total. The number of hydrogen-bond acceptors (Lipinski definition) is 1. The molecule has 0 amide bonds. The Hall–Kier alpha value is -2.34. The second-order valence-electron chi connectivity index (χ2n) is 6.48. The molecule has 0 saturated heterocycles. The molecule has 3 aromatic heterocycles. The third-order valence-electron chi connectivity index (χ3n) is 4.81. The van der Waals surface area contributed by atoms with Crippen molar-refractivity contribution in [3.05, 3.63) is 72.9 Å². The summed E-state index contributed by atoms with van der Waals surface area (Å²) in [6.45, 7) is 0. The average molecular weight is 439 g/mol. The highest BCUT2D eigenvalue weighted by Gasteiger charge is 2.16. The van der Waals surface area contributed by atoms with Gasteiger partial charge in [-0.1, -0.05) is 18.2 Å². The number of pyridine rings is 2. The van der Waals surface area contributed by atoms with Gasteiger partial charge >= 0.3 is 0 Å². The van der Waals surface area contributed by atoms with Gasteiger partial charge in [-0.05, 0) is 42.5 Å². The second-order valence-corrected chi connectivity index (χ2v) is 6.48. The standard InChI is InChI=1S/C21H18N3.HI/c1-22(2)17-10-11-19-16(13-17)8-12-21-23(19)14-18-9-7-15-5-3-4-6-20(15)24(18)21;/h3-14H,1-2H3;1H/q+1;/p-1. The Morgan fingerprint density at radius 1 is 0.840 bits per heavy atom. The Morgan fingerprint density at radius 2 is 1.64 bits per heavy atom. The number of halogens is 1. The van der Waals surface area contributed by atoms with E-state index in [9.17, 15) is 0 Å². The Morgan fingerprint density at radius 3 is 2.48 bits per heavy atom. The van der Waals surface area contributed by atoms with E-state index in [1.54, 1.807) is 0 Å². The molecule has 0 aliphatic carbocycles. The number of anilines is 1. The van der Waals surface area contributed by atoms with Crippen LogP contribution in [0.3, 0.4) is 0 Å². The number of hydrogen-bond donors (Lipinski definition) is 0. The zero-order valence-electron chi connectivity index (χ0n) is 14.1. The first kappa shape index (κ1) is 16.1. The summed E-state index contributed by atoms with van der Waals surface area (Å²) in [5.74, 6) is 0. The van der Waals surface area contributed by atoms with Crippen LogP contribution in [0.25, 0.3) is 33.0 Å². The van der Waals surface area contributed by atoms with Gasteiger partial charge in [0.05, 0.1) is 0 Å². The van der Waals surface area contributed by atoms with Crippen LogP contribution >= 0.6 is 0 Å². The first-order chi connectivity index (χ1) is 11.7. The number of rotatable bonds is 1. The first-order valence-corrected chi connectivity index (χ1v) is 8.17. The zero-order chi connectivity index (χ0) is 16.3. The minimum Gasteiger partial charge on any atom is -1.00 e. The van der Waals surface area contributed by atoms with Gasteiger partial charge in [-0.25, -0.2) is 0 Å². The highest BCUT2D eigenvalue weighted by Crippen LogP contribution is 2.23. The number of imidazole rings is 1. The Bertz CT molecular complexity index is 1240. The summed E-state index contributed by atoms with van der Waals surface area (Å²) in [5, 5.41) is 2.50. The van der Waals surface area contributed by atoms with E-state index in [2.05, 4.69) is 101 Å². The number of aromatic nitrogens is 2. The number of para-hydroxylation sites is 1. The van der Waals surface area contributed by atoms with Crippen molar-refractivity contribution in [2.24, 2.45) is 0 Å². The van der Waals surface area contributed by atoms with Gasteiger partial charge < -0.3 is 28.9 Å². The van der Waals surface area contributed by atoms with Gasteiger partial charge in [0.15, 0.2) is 5.52 Å². The highest BCUT2D eigenvalue weighted by molar-refractivity contribution is 5.86. The summed E-state index contributed by atoms with van der Waals surface area (Å²) in [5.41, 5.74) is 6.08. The third-order valence-corrected chi connectivity index (χ3v) is 4.81. The minimum absolute atomic E-state index is 0. The Kier molecular flexibility index (Phi) is 3.80. The van der Waals surface area contributed by atoms with Crippen LogP contribution in [0.15, 0.2) is 72.9 Å². The lowest BCUT2D eigenvalue weighted by Crippen LogP contribution is -3.00. The number of nitrogens with zero attached hydrogens (tertiary/aromatic N) is 3. The molecule has 25 heavy (non-hydrogen) atoms. The molecule has 0 saturated carbocycles. The van der Waals surface area contributed by atoms with Crippen molar-refractivity contribution in [3.63, 3.8) is 0 Å². The smallest absolute Gasteiger partial charge is 0.292 e. The van der Waals surface area contributed by atoms with Crippen LogP contribution in [0, 0.1) is 0 Å². The van der Waals surface area contributed by atoms with E-state index in [-0.39, 0.29) is 24.0 Å². The summed E-state index contributed by atoms with van der Waals surface area (Å²) in [4.78, 5) is 2.14. The molecule has 124 valence electrons. The van der Waals surface area contributed by atoms with Crippen molar-refractivity contribution in [3.8, 4) is 0 Å². The second kappa shape index (κ2) is 5.88. The maximum absolute atomic E-state index is 2.33. The molecule has 5 rings (SSSR count). The average Bonchev–Trinajstić information content (AvgIpc) is 3.00. The molecule has 0 aliphatic rings. The topological polar surface area (TPSA) is 11.8 Å². The summed E-state index contributed by atoms with van der Waals surface area (Å²) < 4.78 is 4.62. The maximum atomic E-state index is 2.33. The lowest BCUT2D eigenvalue weighted by molar-refractivity contribution is -0.479. The molecule has 0 radical (unpaired) electrons. The van der Waals surface area contributed by atoms with Crippen LogP contribution in [0.4, 0.5) is 5.69 Å². The molecule has 3 heterocycles. The van der Waals surface area contributed by atoms with Crippen LogP contribution in [-0.4, -0.2) is 18.5 Å². The van der Waals surface area contributed by atoms with E-state index in [4.69, 9.17) is 0 Å². The molecule has 2 aromatic carbocycles. The molecule has 0 aliphatic heterocycles. The van der Waals surface area contributed by atoms with Gasteiger partial charge in [-0.3, -0.25) is 0 Å². The summed E-state index contributed by atoms with van der Waals surface area (Å²) in [6.07, 6.45) is 2.22. The van der Waals surface area contributed by atoms with Gasteiger partial charge in [-0.15, -0.1) is 0 Å². The monoisotopic (exact) mass is 439 g/mol. The summed E-state index contributed by atoms with van der Waals surface area (Å²) in [6, 6.07) is 24.0. The molecule has 5 aromatic rings. The van der Waals surface area contributed by atoms with E-state index in [0.717, 1.165) is 0 Å². The molecule has 3 nitrogen and oxygen atoms in total. The normalized spacial score (nSPS) is 11.3. The molecule has 0 bridgehead atoms. The van der Waals surface area contributed by atoms with Crippen molar-refractivity contribution >= 4 is 38.7 Å². The van der Waals surface area contributed by atoms with Crippen LogP contribution in [0.5, 0.6) is 0 Å². The predicted molar refractivity (Wildman–Crippen MR) is 99.9 cm³/mol. The quantitative estimate of drug-likeness (QED) is 0.281. The van der Waals surface area contributed by atoms with Gasteiger partial charge in [-0.2, -0.15) is 8.80 Å². The first-order valence-electron chi connectivity index (χ1n) is 8.17. The highest BCUT2D eigenvalue weighted by atomic mass is 127. The molecule has 0 fully saturated rings. The van der Waals surface area contributed by atoms with Crippen molar-refractivity contribution in [1.29, 1.82) is 0 Å².